The first-order chi connectivity index (χ1) is 15.6. The van der Waals surface area contributed by atoms with Crippen molar-refractivity contribution in [2.75, 3.05) is 26.6 Å². The van der Waals surface area contributed by atoms with Crippen molar-refractivity contribution in [3.05, 3.63) is 53.9 Å². The first kappa shape index (κ1) is 21.2. The first-order valence-corrected chi connectivity index (χ1v) is 10.1. The number of fused-ring (bicyclic) bond motifs is 1. The van der Waals surface area contributed by atoms with Gasteiger partial charge >= 0.3 is 0 Å². The Hall–Kier alpha value is -4.01. The molecule has 9 heteroatoms. The van der Waals surface area contributed by atoms with Crippen LogP contribution in [0.15, 0.2) is 47.9 Å². The smallest absolute Gasteiger partial charge is 0.239 e. The van der Waals surface area contributed by atoms with E-state index < -0.39 is 0 Å². The highest BCUT2D eigenvalue weighted by Gasteiger charge is 2.17. The standard InChI is InChI=1S/C23H24N4O5/c1-29-19-10-15(11-20(30-2)23(19)31-3)25-21-12-24-13-22(26-21)32-16-7-8-17-14(9-16)5-4-6-18(17)27-28/h7-13,28H,4-6H2,1-3H3,(H,25,26)/b27-18+. The number of hydrogen-bond donors (Lipinski definition) is 2. The number of nitrogens with one attached hydrogen (secondary N) is 1. The van der Waals surface area contributed by atoms with E-state index in [1.165, 1.54) is 0 Å². The fourth-order valence-corrected chi connectivity index (χ4v) is 3.69. The van der Waals surface area contributed by atoms with Gasteiger partial charge in [0.05, 0.1) is 39.4 Å². The number of benzene rings is 2. The minimum atomic E-state index is 0.342. The lowest BCUT2D eigenvalue weighted by Crippen LogP contribution is -2.11. The fourth-order valence-electron chi connectivity index (χ4n) is 3.69. The zero-order chi connectivity index (χ0) is 22.5. The Morgan fingerprint density at radius 3 is 2.44 bits per heavy atom. The number of oxime groups is 1. The summed E-state index contributed by atoms with van der Waals surface area (Å²) in [6.45, 7) is 0. The van der Waals surface area contributed by atoms with Gasteiger partial charge in [-0.05, 0) is 43.0 Å². The largest absolute Gasteiger partial charge is 0.493 e. The van der Waals surface area contributed by atoms with Gasteiger partial charge in [-0.25, -0.2) is 0 Å². The highest BCUT2D eigenvalue weighted by Crippen LogP contribution is 2.40. The molecule has 1 heterocycles. The van der Waals surface area contributed by atoms with E-state index in [9.17, 15) is 5.21 Å². The number of hydrogen-bond acceptors (Lipinski definition) is 9. The van der Waals surface area contributed by atoms with Gasteiger partial charge in [0, 0.05) is 23.4 Å². The maximum atomic E-state index is 9.20. The van der Waals surface area contributed by atoms with Crippen molar-refractivity contribution in [3.8, 4) is 28.9 Å². The van der Waals surface area contributed by atoms with Crippen LogP contribution in [0.25, 0.3) is 0 Å². The second-order valence-electron chi connectivity index (χ2n) is 7.10. The molecule has 0 spiro atoms. The van der Waals surface area contributed by atoms with Gasteiger partial charge < -0.3 is 29.5 Å². The molecule has 32 heavy (non-hydrogen) atoms. The lowest BCUT2D eigenvalue weighted by Gasteiger charge is -2.17. The van der Waals surface area contributed by atoms with Gasteiger partial charge in [-0.15, -0.1) is 0 Å². The lowest BCUT2D eigenvalue weighted by molar-refractivity contribution is 0.317. The van der Waals surface area contributed by atoms with Crippen LogP contribution in [0, 0.1) is 0 Å². The third kappa shape index (κ3) is 4.36. The zero-order valence-corrected chi connectivity index (χ0v) is 18.1. The molecule has 0 fully saturated rings. The van der Waals surface area contributed by atoms with Crippen LogP contribution in [-0.2, 0) is 6.42 Å². The molecule has 0 aliphatic heterocycles. The summed E-state index contributed by atoms with van der Waals surface area (Å²) >= 11 is 0. The summed E-state index contributed by atoms with van der Waals surface area (Å²) in [5, 5.41) is 15.8. The number of nitrogens with zero attached hydrogens (tertiary/aromatic N) is 3. The van der Waals surface area contributed by atoms with Crippen molar-refractivity contribution in [2.45, 2.75) is 19.3 Å². The first-order valence-electron chi connectivity index (χ1n) is 10.1. The van der Waals surface area contributed by atoms with Crippen molar-refractivity contribution in [3.63, 3.8) is 0 Å². The van der Waals surface area contributed by atoms with Crippen molar-refractivity contribution in [1.29, 1.82) is 0 Å². The van der Waals surface area contributed by atoms with Crippen LogP contribution in [0.5, 0.6) is 28.9 Å². The summed E-state index contributed by atoms with van der Waals surface area (Å²) < 4.78 is 22.1. The van der Waals surface area contributed by atoms with Crippen LogP contribution in [0.3, 0.4) is 0 Å². The molecule has 9 nitrogen and oxygen atoms in total. The normalized spacial score (nSPS) is 13.9. The van der Waals surface area contributed by atoms with Crippen LogP contribution in [0.2, 0.25) is 0 Å². The molecule has 0 bridgehead atoms. The van der Waals surface area contributed by atoms with Gasteiger partial charge in [-0.3, -0.25) is 4.98 Å². The van der Waals surface area contributed by atoms with E-state index in [0.29, 0.717) is 46.1 Å². The number of aromatic nitrogens is 2. The number of anilines is 2. The van der Waals surface area contributed by atoms with E-state index in [1.54, 1.807) is 45.9 Å². The van der Waals surface area contributed by atoms with Gasteiger partial charge in [-0.2, -0.15) is 4.98 Å². The Balaban J connectivity index is 1.55. The van der Waals surface area contributed by atoms with E-state index in [4.69, 9.17) is 18.9 Å². The fraction of sp³-hybridized carbons (Fsp3) is 0.261. The van der Waals surface area contributed by atoms with E-state index in [1.807, 2.05) is 18.2 Å². The predicted molar refractivity (Wildman–Crippen MR) is 119 cm³/mol. The molecule has 0 radical (unpaired) electrons. The summed E-state index contributed by atoms with van der Waals surface area (Å²) in [6.07, 6.45) is 5.74. The number of ether oxygens (including phenoxy) is 4. The van der Waals surface area contributed by atoms with E-state index in [2.05, 4.69) is 20.4 Å². The highest BCUT2D eigenvalue weighted by atomic mass is 16.5. The predicted octanol–water partition coefficient (Wildman–Crippen LogP) is 4.55. The second-order valence-corrected chi connectivity index (χ2v) is 7.10. The summed E-state index contributed by atoms with van der Waals surface area (Å²) in [7, 11) is 4.67. The molecule has 0 atom stereocenters. The zero-order valence-electron chi connectivity index (χ0n) is 18.1. The van der Waals surface area contributed by atoms with Crippen LogP contribution < -0.4 is 24.3 Å². The van der Waals surface area contributed by atoms with Crippen LogP contribution in [0.1, 0.15) is 24.0 Å². The van der Waals surface area contributed by atoms with E-state index in [-0.39, 0.29) is 0 Å². The summed E-state index contributed by atoms with van der Waals surface area (Å²) in [4.78, 5) is 8.71. The van der Waals surface area contributed by atoms with Crippen molar-refractivity contribution in [2.24, 2.45) is 5.16 Å². The summed E-state index contributed by atoms with van der Waals surface area (Å²) in [6, 6.07) is 9.24. The molecule has 2 aromatic carbocycles. The highest BCUT2D eigenvalue weighted by molar-refractivity contribution is 6.02. The molecule has 0 saturated carbocycles. The molecule has 0 saturated heterocycles. The van der Waals surface area contributed by atoms with E-state index >= 15 is 0 Å². The molecule has 1 aliphatic rings. The minimum Gasteiger partial charge on any atom is -0.493 e. The Morgan fingerprint density at radius 1 is 0.969 bits per heavy atom. The van der Waals surface area contributed by atoms with Crippen molar-refractivity contribution in [1.82, 2.24) is 9.97 Å². The van der Waals surface area contributed by atoms with Gasteiger partial charge in [0.2, 0.25) is 11.6 Å². The topological polar surface area (TPSA) is 107 Å². The van der Waals surface area contributed by atoms with Crippen molar-refractivity contribution >= 4 is 17.2 Å². The summed E-state index contributed by atoms with van der Waals surface area (Å²) in [5.74, 6) is 3.02. The monoisotopic (exact) mass is 436 g/mol. The number of rotatable bonds is 7. The van der Waals surface area contributed by atoms with Crippen LogP contribution in [0.4, 0.5) is 11.5 Å². The SMILES string of the molecule is COc1cc(Nc2cncc(Oc3ccc4c(c3)CCC/C4=N\O)n2)cc(OC)c1OC. The lowest BCUT2D eigenvalue weighted by atomic mass is 9.90. The molecule has 166 valence electrons. The van der Waals surface area contributed by atoms with Gasteiger partial charge in [0.25, 0.3) is 0 Å². The van der Waals surface area contributed by atoms with Gasteiger partial charge in [-0.1, -0.05) is 5.16 Å². The third-order valence-electron chi connectivity index (χ3n) is 5.14. The Labute approximate surface area is 185 Å². The van der Waals surface area contributed by atoms with Gasteiger partial charge in [0.1, 0.15) is 5.75 Å². The number of aryl methyl sites for hydroxylation is 1. The second kappa shape index (κ2) is 9.42. The summed E-state index contributed by atoms with van der Waals surface area (Å²) in [5.41, 5.74) is 3.43. The van der Waals surface area contributed by atoms with E-state index in [0.717, 1.165) is 30.4 Å². The molecule has 4 rings (SSSR count). The third-order valence-corrected chi connectivity index (χ3v) is 5.14. The van der Waals surface area contributed by atoms with Gasteiger partial charge in [0.15, 0.2) is 17.3 Å². The molecule has 0 amide bonds. The Kier molecular flexibility index (Phi) is 6.25. The molecular weight excluding hydrogens is 412 g/mol. The molecule has 0 unspecified atom stereocenters. The molecule has 1 aliphatic carbocycles. The molecule has 2 N–H and O–H groups in total. The van der Waals surface area contributed by atoms with Crippen molar-refractivity contribution < 1.29 is 24.2 Å². The maximum absolute atomic E-state index is 9.20. The Bertz CT molecular complexity index is 1120. The molecular formula is C23H24N4O5. The maximum Gasteiger partial charge on any atom is 0.239 e. The number of methoxy groups -OCH3 is 3. The molecule has 1 aromatic heterocycles. The van der Waals surface area contributed by atoms with Crippen LogP contribution >= 0.6 is 0 Å². The Morgan fingerprint density at radius 2 is 1.75 bits per heavy atom. The average molecular weight is 436 g/mol. The van der Waals surface area contributed by atoms with Crippen LogP contribution in [-0.4, -0.2) is 42.2 Å². The average Bonchev–Trinajstić information content (AvgIpc) is 2.83. The molecule has 3 aromatic rings. The quantitative estimate of drug-likeness (QED) is 0.410. The minimum absolute atomic E-state index is 0.342.